The quantitative estimate of drug-likeness (QED) is 0.773. The van der Waals surface area contributed by atoms with Crippen molar-refractivity contribution in [2.45, 2.75) is 33.6 Å². The van der Waals surface area contributed by atoms with Crippen LogP contribution in [0.5, 0.6) is 5.75 Å². The Hall–Kier alpha value is -2.04. The van der Waals surface area contributed by atoms with E-state index in [-0.39, 0.29) is 18.4 Å². The van der Waals surface area contributed by atoms with Crippen molar-refractivity contribution in [3.8, 4) is 5.75 Å². The van der Waals surface area contributed by atoms with Gasteiger partial charge in [-0.3, -0.25) is 9.59 Å². The molecule has 1 atom stereocenters. The maximum absolute atomic E-state index is 11.9. The Morgan fingerprint density at radius 1 is 1.32 bits per heavy atom. The van der Waals surface area contributed by atoms with Gasteiger partial charge in [-0.25, -0.2) is 0 Å². The highest BCUT2D eigenvalue weighted by Gasteiger charge is 2.27. The molecule has 5 nitrogen and oxygen atoms in total. The van der Waals surface area contributed by atoms with E-state index in [4.69, 9.17) is 9.84 Å². The number of carbonyl (C=O) groups excluding carboxylic acids is 1. The molecule has 2 N–H and O–H groups in total. The molecule has 0 spiro atoms. The monoisotopic (exact) mass is 307 g/mol. The maximum atomic E-state index is 11.9. The second-order valence-electron chi connectivity index (χ2n) is 6.29. The van der Waals surface area contributed by atoms with Crippen LogP contribution in [0.1, 0.15) is 32.8 Å². The highest BCUT2D eigenvalue weighted by atomic mass is 16.5. The Morgan fingerprint density at radius 3 is 2.55 bits per heavy atom. The summed E-state index contributed by atoms with van der Waals surface area (Å²) in [6.45, 7) is 5.30. The molecule has 1 amide bonds. The lowest BCUT2D eigenvalue weighted by Crippen LogP contribution is -2.39. The third-order valence-corrected chi connectivity index (χ3v) is 3.60. The highest BCUT2D eigenvalue weighted by Crippen LogP contribution is 2.22. The van der Waals surface area contributed by atoms with Crippen molar-refractivity contribution >= 4 is 11.9 Å². The molecule has 1 aromatic rings. The molecule has 122 valence electrons. The molecule has 0 aliphatic carbocycles. The van der Waals surface area contributed by atoms with Crippen LogP contribution in [0, 0.1) is 11.3 Å². The lowest BCUT2D eigenvalue weighted by molar-refractivity contribution is -0.146. The number of para-hydroxylation sites is 1. The molecule has 1 unspecified atom stereocenters. The zero-order valence-electron chi connectivity index (χ0n) is 13.7. The normalized spacial score (nSPS) is 12.5. The number of aliphatic carboxylic acids is 1. The minimum absolute atomic E-state index is 0.128. The minimum atomic E-state index is -0.957. The SMILES string of the molecule is COc1ccccc1CC(C)CC(=O)NCC(C)(C)C(=O)O. The second kappa shape index (κ2) is 7.82. The van der Waals surface area contributed by atoms with E-state index in [1.807, 2.05) is 31.2 Å². The highest BCUT2D eigenvalue weighted by molar-refractivity contribution is 5.78. The molecule has 0 fully saturated rings. The summed E-state index contributed by atoms with van der Waals surface area (Å²) in [5.41, 5.74) is 0.109. The maximum Gasteiger partial charge on any atom is 0.310 e. The van der Waals surface area contributed by atoms with Crippen LogP contribution < -0.4 is 10.1 Å². The summed E-state index contributed by atoms with van der Waals surface area (Å²) in [7, 11) is 1.63. The van der Waals surface area contributed by atoms with Crippen LogP contribution in [0.3, 0.4) is 0 Å². The van der Waals surface area contributed by atoms with Crippen molar-refractivity contribution < 1.29 is 19.4 Å². The standard InChI is InChI=1S/C17H25NO4/c1-12(9-13-7-5-6-8-14(13)22-4)10-15(19)18-11-17(2,3)16(20)21/h5-8,12H,9-11H2,1-4H3,(H,18,19)(H,20,21). The third-order valence-electron chi connectivity index (χ3n) is 3.60. The average molecular weight is 307 g/mol. The number of rotatable bonds is 8. The van der Waals surface area contributed by atoms with Gasteiger partial charge in [0.25, 0.3) is 0 Å². The Kier molecular flexibility index (Phi) is 6.40. The molecule has 0 bridgehead atoms. The fraction of sp³-hybridized carbons (Fsp3) is 0.529. The van der Waals surface area contributed by atoms with Crippen LogP contribution in [0.25, 0.3) is 0 Å². The first-order valence-corrected chi connectivity index (χ1v) is 7.38. The molecule has 5 heteroatoms. The van der Waals surface area contributed by atoms with Gasteiger partial charge >= 0.3 is 5.97 Å². The number of nitrogens with one attached hydrogen (secondary N) is 1. The summed E-state index contributed by atoms with van der Waals surface area (Å²) in [5, 5.41) is 11.7. The van der Waals surface area contributed by atoms with Crippen molar-refractivity contribution in [2.24, 2.45) is 11.3 Å². The van der Waals surface area contributed by atoms with E-state index in [1.54, 1.807) is 21.0 Å². The summed E-state index contributed by atoms with van der Waals surface area (Å²) >= 11 is 0. The van der Waals surface area contributed by atoms with Gasteiger partial charge in [0, 0.05) is 13.0 Å². The van der Waals surface area contributed by atoms with Crippen molar-refractivity contribution in [3.63, 3.8) is 0 Å². The van der Waals surface area contributed by atoms with Crippen LogP contribution in [0.4, 0.5) is 0 Å². The van der Waals surface area contributed by atoms with Crippen molar-refractivity contribution in [2.75, 3.05) is 13.7 Å². The number of ether oxygens (including phenoxy) is 1. The first kappa shape index (κ1) is 18.0. The van der Waals surface area contributed by atoms with Crippen molar-refractivity contribution in [1.29, 1.82) is 0 Å². The molecule has 1 aromatic carbocycles. The van der Waals surface area contributed by atoms with Gasteiger partial charge in [-0.15, -0.1) is 0 Å². The molecule has 0 aliphatic rings. The zero-order valence-corrected chi connectivity index (χ0v) is 13.7. The van der Waals surface area contributed by atoms with E-state index in [2.05, 4.69) is 5.32 Å². The number of carboxylic acids is 1. The molecule has 0 aliphatic heterocycles. The first-order chi connectivity index (χ1) is 10.3. The number of amides is 1. The summed E-state index contributed by atoms with van der Waals surface area (Å²) in [4.78, 5) is 22.9. The molecule has 0 aromatic heterocycles. The molecule has 1 rings (SSSR count). The largest absolute Gasteiger partial charge is 0.496 e. The number of benzene rings is 1. The Bertz CT molecular complexity index is 525. The van der Waals surface area contributed by atoms with E-state index in [9.17, 15) is 9.59 Å². The number of hydrogen-bond donors (Lipinski definition) is 2. The summed E-state index contributed by atoms with van der Waals surface area (Å²) in [5.74, 6) is -0.0856. The Balaban J connectivity index is 2.49. The fourth-order valence-corrected chi connectivity index (χ4v) is 2.10. The topological polar surface area (TPSA) is 75.6 Å². The zero-order chi connectivity index (χ0) is 16.8. The lowest BCUT2D eigenvalue weighted by atomic mass is 9.93. The molecular formula is C17H25NO4. The van der Waals surface area contributed by atoms with Gasteiger partial charge in [0.05, 0.1) is 12.5 Å². The predicted molar refractivity (Wildman–Crippen MR) is 84.9 cm³/mol. The Labute approximate surface area is 131 Å². The smallest absolute Gasteiger partial charge is 0.310 e. The van der Waals surface area contributed by atoms with E-state index >= 15 is 0 Å². The second-order valence-corrected chi connectivity index (χ2v) is 6.29. The van der Waals surface area contributed by atoms with Gasteiger partial charge in [0.1, 0.15) is 5.75 Å². The minimum Gasteiger partial charge on any atom is -0.496 e. The summed E-state index contributed by atoms with van der Waals surface area (Å²) < 4.78 is 5.30. The van der Waals surface area contributed by atoms with E-state index < -0.39 is 11.4 Å². The van der Waals surface area contributed by atoms with Gasteiger partial charge in [0.15, 0.2) is 0 Å². The predicted octanol–water partition coefficient (Wildman–Crippen LogP) is 2.49. The van der Waals surface area contributed by atoms with Crippen molar-refractivity contribution in [1.82, 2.24) is 5.32 Å². The summed E-state index contributed by atoms with van der Waals surface area (Å²) in [6.07, 6.45) is 1.09. The van der Waals surface area contributed by atoms with Crippen LogP contribution in [-0.2, 0) is 16.0 Å². The Morgan fingerprint density at radius 2 is 1.95 bits per heavy atom. The van der Waals surface area contributed by atoms with Gasteiger partial charge in [-0.1, -0.05) is 25.1 Å². The number of methoxy groups -OCH3 is 1. The van der Waals surface area contributed by atoms with E-state index in [0.717, 1.165) is 17.7 Å². The molecular weight excluding hydrogens is 282 g/mol. The average Bonchev–Trinajstić information content (AvgIpc) is 2.45. The fourth-order valence-electron chi connectivity index (χ4n) is 2.10. The van der Waals surface area contributed by atoms with Gasteiger partial charge < -0.3 is 15.2 Å². The number of carbonyl (C=O) groups is 2. The molecule has 0 saturated heterocycles. The summed E-state index contributed by atoms with van der Waals surface area (Å²) in [6, 6.07) is 7.74. The number of carboxylic acid groups (broad SMARTS) is 1. The van der Waals surface area contributed by atoms with Crippen LogP contribution in [-0.4, -0.2) is 30.6 Å². The lowest BCUT2D eigenvalue weighted by Gasteiger charge is -2.20. The van der Waals surface area contributed by atoms with Gasteiger partial charge in [0.2, 0.25) is 5.91 Å². The van der Waals surface area contributed by atoms with Crippen LogP contribution in [0.15, 0.2) is 24.3 Å². The number of hydrogen-bond acceptors (Lipinski definition) is 3. The molecule has 0 radical (unpaired) electrons. The van der Waals surface area contributed by atoms with E-state index in [0.29, 0.717) is 6.42 Å². The van der Waals surface area contributed by atoms with Crippen LogP contribution in [0.2, 0.25) is 0 Å². The van der Waals surface area contributed by atoms with E-state index in [1.165, 1.54) is 0 Å². The molecule has 22 heavy (non-hydrogen) atoms. The van der Waals surface area contributed by atoms with Crippen LogP contribution >= 0.6 is 0 Å². The molecule has 0 saturated carbocycles. The van der Waals surface area contributed by atoms with Crippen molar-refractivity contribution in [3.05, 3.63) is 29.8 Å². The van der Waals surface area contributed by atoms with Gasteiger partial charge in [-0.2, -0.15) is 0 Å². The molecule has 0 heterocycles. The first-order valence-electron chi connectivity index (χ1n) is 7.38. The van der Waals surface area contributed by atoms with Gasteiger partial charge in [-0.05, 0) is 37.8 Å². The third kappa shape index (κ3) is 5.39.